The van der Waals surface area contributed by atoms with Crippen LogP contribution in [0.1, 0.15) is 5.56 Å². The average Bonchev–Trinajstić information content (AvgIpc) is 2.18. The van der Waals surface area contributed by atoms with Gasteiger partial charge in [0.2, 0.25) is 5.79 Å². The van der Waals surface area contributed by atoms with Crippen LogP contribution < -0.4 is 0 Å². The van der Waals surface area contributed by atoms with E-state index in [2.05, 4.69) is 20.8 Å². The molecule has 15 heavy (non-hydrogen) atoms. The first-order valence-electron chi connectivity index (χ1n) is 4.91. The van der Waals surface area contributed by atoms with Crippen LogP contribution in [0.4, 0.5) is 0 Å². The van der Waals surface area contributed by atoms with Crippen molar-refractivity contribution in [3.8, 4) is 0 Å². The van der Waals surface area contributed by atoms with Crippen molar-refractivity contribution >= 4 is 15.9 Å². The maximum atomic E-state index is 10.3. The molecule has 3 nitrogen and oxygen atoms in total. The summed E-state index contributed by atoms with van der Waals surface area (Å²) in [6.45, 7) is 1.93. The Hall–Kier alpha value is -0.420. The molecule has 0 bridgehead atoms. The van der Waals surface area contributed by atoms with Crippen LogP contribution in [-0.4, -0.2) is 36.8 Å². The Bertz CT molecular complexity index is 341. The summed E-state index contributed by atoms with van der Waals surface area (Å²) in [6, 6.07) is 7.57. The summed E-state index contributed by atoms with van der Waals surface area (Å²) in [4.78, 5) is 2.06. The number of ether oxygens (including phenoxy) is 1. The van der Waals surface area contributed by atoms with Gasteiger partial charge >= 0.3 is 0 Å². The largest absolute Gasteiger partial charge is 0.361 e. The smallest absolute Gasteiger partial charge is 0.205 e. The zero-order valence-electron chi connectivity index (χ0n) is 8.61. The zero-order chi connectivity index (χ0) is 10.9. The molecule has 0 amide bonds. The van der Waals surface area contributed by atoms with E-state index in [0.717, 1.165) is 16.6 Å². The van der Waals surface area contributed by atoms with E-state index in [-0.39, 0.29) is 0 Å². The Morgan fingerprint density at radius 1 is 1.40 bits per heavy atom. The number of morpholine rings is 1. The van der Waals surface area contributed by atoms with E-state index >= 15 is 0 Å². The third-order valence-corrected chi connectivity index (χ3v) is 3.12. The van der Waals surface area contributed by atoms with Crippen molar-refractivity contribution in [2.75, 3.05) is 26.7 Å². The molecule has 1 aromatic carbocycles. The maximum absolute atomic E-state index is 10.3. The molecule has 1 N–H and O–H groups in total. The highest BCUT2D eigenvalue weighted by molar-refractivity contribution is 9.10. The van der Waals surface area contributed by atoms with Crippen LogP contribution in [0.2, 0.25) is 0 Å². The predicted octanol–water partition coefficient (Wildman–Crippen LogP) is 1.56. The monoisotopic (exact) mass is 271 g/mol. The lowest BCUT2D eigenvalue weighted by Gasteiger charge is -2.37. The Kier molecular flexibility index (Phi) is 3.11. The van der Waals surface area contributed by atoms with E-state index in [0.29, 0.717) is 13.2 Å². The minimum atomic E-state index is -1.16. The number of likely N-dealkylation sites (N-methyl/N-ethyl adjacent to an activating group) is 1. The Balaban J connectivity index is 2.24. The van der Waals surface area contributed by atoms with Crippen molar-refractivity contribution in [3.63, 3.8) is 0 Å². The molecule has 1 atom stereocenters. The summed E-state index contributed by atoms with van der Waals surface area (Å²) in [5.41, 5.74) is 0.803. The minimum absolute atomic E-state index is 0.509. The molecule has 2 rings (SSSR count). The Labute approximate surface area is 97.8 Å². The van der Waals surface area contributed by atoms with Gasteiger partial charge in [0.15, 0.2) is 0 Å². The molecule has 1 aromatic rings. The molecular weight excluding hydrogens is 258 g/mol. The van der Waals surface area contributed by atoms with Crippen LogP contribution in [-0.2, 0) is 10.5 Å². The normalized spacial score (nSPS) is 27.9. The fraction of sp³-hybridized carbons (Fsp3) is 0.455. The first-order valence-corrected chi connectivity index (χ1v) is 5.70. The molecule has 1 unspecified atom stereocenters. The van der Waals surface area contributed by atoms with Crippen molar-refractivity contribution in [2.24, 2.45) is 0 Å². The van der Waals surface area contributed by atoms with Crippen molar-refractivity contribution in [3.05, 3.63) is 34.3 Å². The standard InChI is InChI=1S/C11H14BrNO2/c1-13-6-7-15-11(14,8-13)9-2-4-10(12)5-3-9/h2-5,14H,6-8H2,1H3. The second-order valence-electron chi connectivity index (χ2n) is 3.88. The lowest BCUT2D eigenvalue weighted by atomic mass is 10.0. The van der Waals surface area contributed by atoms with E-state index in [1.807, 2.05) is 31.3 Å². The minimum Gasteiger partial charge on any atom is -0.361 e. The summed E-state index contributed by atoms with van der Waals surface area (Å²) in [5, 5.41) is 10.3. The quantitative estimate of drug-likeness (QED) is 0.842. The second kappa shape index (κ2) is 4.22. The van der Waals surface area contributed by atoms with Crippen LogP contribution in [0, 0.1) is 0 Å². The van der Waals surface area contributed by atoms with Gasteiger partial charge in [-0.05, 0) is 19.2 Å². The fourth-order valence-electron chi connectivity index (χ4n) is 1.75. The number of aliphatic hydroxyl groups is 1. The fourth-order valence-corrected chi connectivity index (χ4v) is 2.01. The van der Waals surface area contributed by atoms with E-state index in [1.54, 1.807) is 0 Å². The summed E-state index contributed by atoms with van der Waals surface area (Å²) in [5.74, 6) is -1.16. The molecule has 1 heterocycles. The van der Waals surface area contributed by atoms with E-state index in [4.69, 9.17) is 4.74 Å². The van der Waals surface area contributed by atoms with Gasteiger partial charge in [0, 0.05) is 16.6 Å². The third-order valence-electron chi connectivity index (χ3n) is 2.59. The molecule has 1 saturated heterocycles. The summed E-state index contributed by atoms with van der Waals surface area (Å²) in [7, 11) is 1.98. The van der Waals surface area contributed by atoms with Crippen molar-refractivity contribution < 1.29 is 9.84 Å². The molecule has 0 aromatic heterocycles. The van der Waals surface area contributed by atoms with Gasteiger partial charge in [0.25, 0.3) is 0 Å². The highest BCUT2D eigenvalue weighted by Crippen LogP contribution is 2.27. The zero-order valence-corrected chi connectivity index (χ0v) is 10.2. The van der Waals surface area contributed by atoms with Crippen LogP contribution in [0.5, 0.6) is 0 Å². The lowest BCUT2D eigenvalue weighted by Crippen LogP contribution is -2.48. The van der Waals surface area contributed by atoms with Crippen molar-refractivity contribution in [2.45, 2.75) is 5.79 Å². The molecule has 0 spiro atoms. The van der Waals surface area contributed by atoms with Gasteiger partial charge in [-0.3, -0.25) is 4.90 Å². The number of rotatable bonds is 1. The number of benzene rings is 1. The Morgan fingerprint density at radius 2 is 2.07 bits per heavy atom. The van der Waals surface area contributed by atoms with Gasteiger partial charge in [-0.2, -0.15) is 0 Å². The van der Waals surface area contributed by atoms with Crippen LogP contribution >= 0.6 is 15.9 Å². The van der Waals surface area contributed by atoms with Crippen molar-refractivity contribution in [1.29, 1.82) is 0 Å². The summed E-state index contributed by atoms with van der Waals surface area (Å²) in [6.07, 6.45) is 0. The van der Waals surface area contributed by atoms with Crippen LogP contribution in [0.15, 0.2) is 28.7 Å². The predicted molar refractivity (Wildman–Crippen MR) is 61.5 cm³/mol. The van der Waals surface area contributed by atoms with E-state index in [1.165, 1.54) is 0 Å². The molecule has 1 aliphatic rings. The number of hydrogen-bond acceptors (Lipinski definition) is 3. The van der Waals surface area contributed by atoms with Gasteiger partial charge < -0.3 is 9.84 Å². The summed E-state index contributed by atoms with van der Waals surface area (Å²) >= 11 is 3.37. The van der Waals surface area contributed by atoms with Crippen LogP contribution in [0.25, 0.3) is 0 Å². The Morgan fingerprint density at radius 3 is 2.67 bits per heavy atom. The molecule has 82 valence electrons. The van der Waals surface area contributed by atoms with Gasteiger partial charge in [-0.15, -0.1) is 0 Å². The van der Waals surface area contributed by atoms with Gasteiger partial charge in [0.05, 0.1) is 13.2 Å². The van der Waals surface area contributed by atoms with Crippen LogP contribution in [0.3, 0.4) is 0 Å². The average molecular weight is 272 g/mol. The topological polar surface area (TPSA) is 32.7 Å². The molecule has 4 heteroatoms. The molecule has 0 saturated carbocycles. The van der Waals surface area contributed by atoms with Gasteiger partial charge in [-0.25, -0.2) is 0 Å². The molecule has 1 fully saturated rings. The highest BCUT2D eigenvalue weighted by Gasteiger charge is 2.34. The van der Waals surface area contributed by atoms with Gasteiger partial charge in [0.1, 0.15) is 0 Å². The number of halogens is 1. The lowest BCUT2D eigenvalue weighted by molar-refractivity contribution is -0.245. The molecule has 0 aliphatic carbocycles. The van der Waals surface area contributed by atoms with Gasteiger partial charge in [-0.1, -0.05) is 28.1 Å². The second-order valence-corrected chi connectivity index (χ2v) is 4.79. The SMILES string of the molecule is CN1CCOC(O)(c2ccc(Br)cc2)C1. The number of hydrogen-bond donors (Lipinski definition) is 1. The number of β-amino-alcohol motifs (C(OH)–C–C–N with tert-alkyl or cyclic N) is 1. The first-order chi connectivity index (χ1) is 7.10. The summed E-state index contributed by atoms with van der Waals surface area (Å²) < 4.78 is 6.46. The third kappa shape index (κ3) is 2.39. The molecular formula is C11H14BrNO2. The van der Waals surface area contributed by atoms with E-state index < -0.39 is 5.79 Å². The maximum Gasteiger partial charge on any atom is 0.205 e. The van der Waals surface area contributed by atoms with Crippen molar-refractivity contribution in [1.82, 2.24) is 4.90 Å². The highest BCUT2D eigenvalue weighted by atomic mass is 79.9. The molecule has 0 radical (unpaired) electrons. The first kappa shape index (κ1) is 11.1. The van der Waals surface area contributed by atoms with E-state index in [9.17, 15) is 5.11 Å². The number of nitrogens with zero attached hydrogens (tertiary/aromatic N) is 1. The molecule has 1 aliphatic heterocycles.